The summed E-state index contributed by atoms with van der Waals surface area (Å²) in [7, 11) is -4.37. The Morgan fingerprint density at radius 1 is 0.453 bits per heavy atom. The molecule has 0 fully saturated rings. The summed E-state index contributed by atoms with van der Waals surface area (Å²) in [4.78, 5) is 34.9. The highest BCUT2D eigenvalue weighted by molar-refractivity contribution is 7.47. The van der Waals surface area contributed by atoms with Crippen LogP contribution in [0.4, 0.5) is 0 Å². The Morgan fingerprint density at radius 3 is 1.17 bits per heavy atom. The van der Waals surface area contributed by atoms with Gasteiger partial charge in [-0.15, -0.1) is 0 Å². The maximum atomic E-state index is 12.5. The van der Waals surface area contributed by atoms with E-state index in [0.29, 0.717) is 6.42 Å². The number of rotatable bonds is 53. The molecule has 0 aromatic carbocycles. The van der Waals surface area contributed by atoms with Crippen molar-refractivity contribution < 1.29 is 37.6 Å². The molecule has 0 aliphatic carbocycles. The van der Waals surface area contributed by atoms with Crippen LogP contribution in [-0.2, 0) is 32.7 Å². The summed E-state index contributed by atoms with van der Waals surface area (Å²) >= 11 is 0. The Hall–Kier alpha value is -1.25. The SMILES string of the molecule is CCC/C=C\CCCCCCCC(=O)OC(COC(=O)CCCCCCCCCCCCCCCCCCCCCCCCCCCCCCCCCCC)COP(=O)(O)OCCN. The van der Waals surface area contributed by atoms with E-state index in [4.69, 9.17) is 24.3 Å². The number of carbonyl (C=O) groups is 2. The molecule has 380 valence electrons. The lowest BCUT2D eigenvalue weighted by Gasteiger charge is -2.19. The number of ether oxygens (including phenoxy) is 2. The number of esters is 2. The third-order valence-electron chi connectivity index (χ3n) is 12.4. The largest absolute Gasteiger partial charge is 0.472 e. The zero-order valence-electron chi connectivity index (χ0n) is 42.3. The van der Waals surface area contributed by atoms with E-state index in [0.717, 1.165) is 57.8 Å². The Bertz CT molecular complexity index is 1060. The molecule has 0 heterocycles. The second kappa shape index (κ2) is 51.1. The van der Waals surface area contributed by atoms with Crippen molar-refractivity contribution in [1.82, 2.24) is 0 Å². The van der Waals surface area contributed by atoms with Crippen LogP contribution in [-0.4, -0.2) is 49.3 Å². The highest BCUT2D eigenvalue weighted by atomic mass is 31.2. The number of unbranched alkanes of at least 4 members (excludes halogenated alkanes) is 38. The second-order valence-corrected chi connectivity index (χ2v) is 20.3. The second-order valence-electron chi connectivity index (χ2n) is 18.8. The van der Waals surface area contributed by atoms with Gasteiger partial charge >= 0.3 is 19.8 Å². The summed E-state index contributed by atoms with van der Waals surface area (Å²) in [5.74, 6) is -0.827. The van der Waals surface area contributed by atoms with Crippen molar-refractivity contribution in [2.45, 2.75) is 296 Å². The van der Waals surface area contributed by atoms with Crippen LogP contribution >= 0.6 is 7.82 Å². The van der Waals surface area contributed by atoms with Gasteiger partial charge in [0.05, 0.1) is 13.2 Å². The van der Waals surface area contributed by atoms with Gasteiger partial charge in [0.2, 0.25) is 0 Å². The molecule has 0 aliphatic rings. The minimum atomic E-state index is -4.37. The summed E-state index contributed by atoms with van der Waals surface area (Å²) in [5.41, 5.74) is 5.35. The smallest absolute Gasteiger partial charge is 0.462 e. The molecule has 0 aromatic rings. The molecule has 0 radical (unpaired) electrons. The molecule has 0 amide bonds. The average molecular weight is 928 g/mol. The van der Waals surface area contributed by atoms with Gasteiger partial charge in [-0.05, 0) is 32.1 Å². The van der Waals surface area contributed by atoms with Gasteiger partial charge in [0, 0.05) is 19.4 Å². The molecule has 64 heavy (non-hydrogen) atoms. The van der Waals surface area contributed by atoms with Crippen molar-refractivity contribution >= 4 is 19.8 Å². The zero-order chi connectivity index (χ0) is 46.7. The van der Waals surface area contributed by atoms with Crippen LogP contribution in [0.15, 0.2) is 12.2 Å². The van der Waals surface area contributed by atoms with Crippen LogP contribution in [0.3, 0.4) is 0 Å². The van der Waals surface area contributed by atoms with Crippen molar-refractivity contribution in [2.75, 3.05) is 26.4 Å². The molecule has 0 saturated heterocycles. The lowest BCUT2D eigenvalue weighted by molar-refractivity contribution is -0.161. The first-order valence-electron chi connectivity index (χ1n) is 27.7. The minimum Gasteiger partial charge on any atom is -0.462 e. The van der Waals surface area contributed by atoms with Crippen LogP contribution in [0.25, 0.3) is 0 Å². The topological polar surface area (TPSA) is 134 Å². The van der Waals surface area contributed by atoms with E-state index in [2.05, 4.69) is 26.0 Å². The molecule has 3 N–H and O–H groups in total. The molecule has 0 saturated carbocycles. The van der Waals surface area contributed by atoms with Crippen molar-refractivity contribution in [3.05, 3.63) is 12.2 Å². The van der Waals surface area contributed by atoms with Crippen LogP contribution < -0.4 is 5.73 Å². The van der Waals surface area contributed by atoms with Crippen molar-refractivity contribution in [2.24, 2.45) is 5.73 Å². The highest BCUT2D eigenvalue weighted by Crippen LogP contribution is 2.43. The molecular formula is C54H106NO8P. The number of carbonyl (C=O) groups excluding carboxylic acids is 2. The van der Waals surface area contributed by atoms with Crippen LogP contribution in [0.1, 0.15) is 290 Å². The monoisotopic (exact) mass is 928 g/mol. The van der Waals surface area contributed by atoms with Gasteiger partial charge in [-0.25, -0.2) is 4.57 Å². The summed E-state index contributed by atoms with van der Waals surface area (Å²) < 4.78 is 32.8. The summed E-state index contributed by atoms with van der Waals surface area (Å²) in [6, 6.07) is 0. The predicted octanol–water partition coefficient (Wildman–Crippen LogP) is 16.9. The molecule has 0 aliphatic heterocycles. The summed E-state index contributed by atoms with van der Waals surface area (Å²) in [6.45, 7) is 3.70. The van der Waals surface area contributed by atoms with Crippen molar-refractivity contribution in [1.29, 1.82) is 0 Å². The van der Waals surface area contributed by atoms with E-state index in [-0.39, 0.29) is 38.6 Å². The Morgan fingerprint density at radius 2 is 0.797 bits per heavy atom. The van der Waals surface area contributed by atoms with Crippen LogP contribution in [0.2, 0.25) is 0 Å². The molecule has 2 atom stereocenters. The van der Waals surface area contributed by atoms with Gasteiger partial charge in [0.25, 0.3) is 0 Å². The molecule has 0 bridgehead atoms. The standard InChI is InChI=1S/C54H106NO8P/c1-3-5-7-9-11-13-15-16-17-18-19-20-21-22-23-24-25-26-27-28-29-30-31-32-33-34-35-36-37-39-40-42-44-46-53(56)60-50-52(51-62-64(58,59)61-49-48-55)63-54(57)47-45-43-41-38-14-12-10-8-6-4-2/h8,10,52H,3-7,9,11-51,55H2,1-2H3,(H,58,59)/b10-8-. The molecule has 0 spiro atoms. The Balaban J connectivity index is 3.72. The minimum absolute atomic E-state index is 0.0548. The molecule has 2 unspecified atom stereocenters. The van der Waals surface area contributed by atoms with Gasteiger partial charge in [-0.1, -0.05) is 257 Å². The normalized spacial score (nSPS) is 13.1. The maximum Gasteiger partial charge on any atom is 0.472 e. The molecule has 0 aromatic heterocycles. The first-order chi connectivity index (χ1) is 31.3. The van der Waals surface area contributed by atoms with Gasteiger partial charge in [-0.2, -0.15) is 0 Å². The first-order valence-corrected chi connectivity index (χ1v) is 29.2. The number of nitrogens with two attached hydrogens (primary N) is 1. The lowest BCUT2D eigenvalue weighted by Crippen LogP contribution is -2.29. The van der Waals surface area contributed by atoms with E-state index in [9.17, 15) is 19.0 Å². The highest BCUT2D eigenvalue weighted by Gasteiger charge is 2.26. The van der Waals surface area contributed by atoms with E-state index >= 15 is 0 Å². The fraction of sp³-hybridized carbons (Fsp3) is 0.926. The fourth-order valence-corrected chi connectivity index (χ4v) is 9.05. The third kappa shape index (κ3) is 50.2. The van der Waals surface area contributed by atoms with Crippen LogP contribution in [0, 0.1) is 0 Å². The quantitative estimate of drug-likeness (QED) is 0.0265. The molecule has 9 nitrogen and oxygen atoms in total. The van der Waals surface area contributed by atoms with Gasteiger partial charge in [0.1, 0.15) is 6.61 Å². The van der Waals surface area contributed by atoms with Gasteiger partial charge in [0.15, 0.2) is 6.10 Å². The number of phosphoric acid groups is 1. The summed E-state index contributed by atoms with van der Waals surface area (Å²) in [6.07, 6.45) is 57.4. The van der Waals surface area contributed by atoms with E-state index in [1.807, 2.05) is 0 Å². The molecule has 0 rings (SSSR count). The predicted molar refractivity (Wildman–Crippen MR) is 271 cm³/mol. The first kappa shape index (κ1) is 62.8. The maximum absolute atomic E-state index is 12.5. The third-order valence-corrected chi connectivity index (χ3v) is 13.4. The van der Waals surface area contributed by atoms with Gasteiger partial charge < -0.3 is 20.1 Å². The molecule has 10 heteroatoms. The van der Waals surface area contributed by atoms with E-state index in [1.54, 1.807) is 0 Å². The number of phosphoric ester groups is 1. The number of allylic oxidation sites excluding steroid dienone is 2. The zero-order valence-corrected chi connectivity index (χ0v) is 43.2. The van der Waals surface area contributed by atoms with Crippen molar-refractivity contribution in [3.8, 4) is 0 Å². The average Bonchev–Trinajstić information content (AvgIpc) is 3.28. The number of hydrogen-bond acceptors (Lipinski definition) is 8. The Labute approximate surface area is 396 Å². The van der Waals surface area contributed by atoms with Crippen molar-refractivity contribution in [3.63, 3.8) is 0 Å². The van der Waals surface area contributed by atoms with E-state index < -0.39 is 26.5 Å². The fourth-order valence-electron chi connectivity index (χ4n) is 8.29. The molecular weight excluding hydrogens is 822 g/mol. The number of hydrogen-bond donors (Lipinski definition) is 2. The summed E-state index contributed by atoms with van der Waals surface area (Å²) in [5, 5.41) is 0. The Kier molecular flexibility index (Phi) is 50.1. The van der Waals surface area contributed by atoms with E-state index in [1.165, 1.54) is 199 Å². The lowest BCUT2D eigenvalue weighted by atomic mass is 10.0. The van der Waals surface area contributed by atoms with Gasteiger partial charge in [-0.3, -0.25) is 18.6 Å². The van der Waals surface area contributed by atoms with Crippen LogP contribution in [0.5, 0.6) is 0 Å².